The van der Waals surface area contributed by atoms with E-state index in [2.05, 4.69) is 25.9 Å². The van der Waals surface area contributed by atoms with Crippen LogP contribution in [0.5, 0.6) is 0 Å². The highest BCUT2D eigenvalue weighted by Gasteiger charge is 2.35. The van der Waals surface area contributed by atoms with Crippen LogP contribution in [0.3, 0.4) is 0 Å². The maximum Gasteiger partial charge on any atom is 0.255 e. The predicted molar refractivity (Wildman–Crippen MR) is 116 cm³/mol. The summed E-state index contributed by atoms with van der Waals surface area (Å²) < 4.78 is 18.0. The lowest BCUT2D eigenvalue weighted by Gasteiger charge is -2.44. The zero-order chi connectivity index (χ0) is 21.5. The molecule has 5 rings (SSSR count). The third-order valence-corrected chi connectivity index (χ3v) is 6.43. The Morgan fingerprint density at radius 3 is 2.81 bits per heavy atom. The van der Waals surface area contributed by atoms with Gasteiger partial charge in [0.1, 0.15) is 0 Å². The summed E-state index contributed by atoms with van der Waals surface area (Å²) in [6.07, 6.45) is 7.80. The molecule has 0 unspecified atom stereocenters. The SMILES string of the molecule is CN(Cc1cnn(C)c1)Cc1ccc2n(c1=O)C[C@H]1C[C@@H]2CN(c2ccncc2F)C1. The second-order valence-corrected chi connectivity index (χ2v) is 8.92. The first-order valence-electron chi connectivity index (χ1n) is 10.7. The first-order valence-corrected chi connectivity index (χ1v) is 10.7. The summed E-state index contributed by atoms with van der Waals surface area (Å²) in [5, 5.41) is 4.21. The van der Waals surface area contributed by atoms with E-state index in [1.807, 2.05) is 37.1 Å². The highest BCUT2D eigenvalue weighted by atomic mass is 19.1. The molecule has 7 nitrogen and oxygen atoms in total. The van der Waals surface area contributed by atoms with Gasteiger partial charge < -0.3 is 9.47 Å². The van der Waals surface area contributed by atoms with Gasteiger partial charge in [0.15, 0.2) is 5.82 Å². The molecule has 1 fully saturated rings. The standard InChI is InChI=1S/C23H27FN6O/c1-27(10-17-8-26-28(2)11-17)14-18-3-4-21-19-7-16(13-30(21)23(18)31)12-29(15-19)22-5-6-25-9-20(22)24/h3-6,8-9,11,16,19H,7,10,12-15H2,1-2H3/t16-,19+/m0/s1. The fourth-order valence-electron chi connectivity index (χ4n) is 5.14. The van der Waals surface area contributed by atoms with Gasteiger partial charge in [-0.25, -0.2) is 4.39 Å². The lowest BCUT2D eigenvalue weighted by atomic mass is 9.82. The molecule has 8 heteroatoms. The molecule has 0 amide bonds. The highest BCUT2D eigenvalue weighted by molar-refractivity contribution is 5.47. The fourth-order valence-corrected chi connectivity index (χ4v) is 5.14. The van der Waals surface area contributed by atoms with Gasteiger partial charge in [-0.05, 0) is 31.5 Å². The molecule has 2 atom stereocenters. The first-order chi connectivity index (χ1) is 15.0. The predicted octanol–water partition coefficient (Wildman–Crippen LogP) is 2.37. The van der Waals surface area contributed by atoms with Crippen LogP contribution in [-0.4, -0.2) is 44.4 Å². The van der Waals surface area contributed by atoms with Gasteiger partial charge in [-0.15, -0.1) is 0 Å². The Balaban J connectivity index is 1.36. The molecule has 2 aliphatic rings. The number of anilines is 1. The third kappa shape index (κ3) is 3.87. The van der Waals surface area contributed by atoms with Crippen molar-refractivity contribution in [3.8, 4) is 0 Å². The minimum Gasteiger partial charge on any atom is -0.368 e. The van der Waals surface area contributed by atoms with Crippen molar-refractivity contribution in [1.29, 1.82) is 0 Å². The van der Waals surface area contributed by atoms with Crippen LogP contribution in [0.25, 0.3) is 0 Å². The summed E-state index contributed by atoms with van der Waals surface area (Å²) in [7, 11) is 3.92. The normalized spacial score (nSPS) is 20.2. The Bertz CT molecular complexity index is 1150. The van der Waals surface area contributed by atoms with Gasteiger partial charge in [0.25, 0.3) is 5.56 Å². The molecule has 1 saturated heterocycles. The van der Waals surface area contributed by atoms with E-state index < -0.39 is 0 Å². The number of aryl methyl sites for hydroxylation is 1. The highest BCUT2D eigenvalue weighted by Crippen LogP contribution is 2.37. The molecule has 3 aromatic rings. The average Bonchev–Trinajstić information content (AvgIpc) is 3.15. The summed E-state index contributed by atoms with van der Waals surface area (Å²) in [5.74, 6) is 0.279. The molecule has 31 heavy (non-hydrogen) atoms. The molecule has 0 N–H and O–H groups in total. The minimum atomic E-state index is -0.285. The number of hydrogen-bond donors (Lipinski definition) is 0. The summed E-state index contributed by atoms with van der Waals surface area (Å²) in [6.45, 7) is 3.50. The van der Waals surface area contributed by atoms with Gasteiger partial charge in [-0.1, -0.05) is 6.07 Å². The van der Waals surface area contributed by atoms with E-state index in [9.17, 15) is 9.18 Å². The summed E-state index contributed by atoms with van der Waals surface area (Å²) in [6, 6.07) is 5.81. The van der Waals surface area contributed by atoms with Gasteiger partial charge in [0.05, 0.1) is 18.1 Å². The smallest absolute Gasteiger partial charge is 0.255 e. The number of nitrogens with zero attached hydrogens (tertiary/aromatic N) is 6. The molecule has 5 heterocycles. The van der Waals surface area contributed by atoms with Crippen LogP contribution in [0, 0.1) is 11.7 Å². The Kier molecular flexibility index (Phi) is 5.09. The van der Waals surface area contributed by atoms with Crippen LogP contribution in [0.15, 0.2) is 47.8 Å². The van der Waals surface area contributed by atoms with Crippen LogP contribution >= 0.6 is 0 Å². The molecule has 2 aliphatic heterocycles. The van der Waals surface area contributed by atoms with Crippen molar-refractivity contribution < 1.29 is 4.39 Å². The molecule has 162 valence electrons. The van der Waals surface area contributed by atoms with Crippen LogP contribution in [-0.2, 0) is 26.7 Å². The van der Waals surface area contributed by atoms with Crippen molar-refractivity contribution in [1.82, 2.24) is 24.2 Å². The second kappa shape index (κ2) is 7.92. The van der Waals surface area contributed by atoms with Crippen LogP contribution in [0.2, 0.25) is 0 Å². The number of aromatic nitrogens is 4. The maximum atomic E-state index is 14.3. The number of pyridine rings is 2. The largest absolute Gasteiger partial charge is 0.368 e. The summed E-state index contributed by atoms with van der Waals surface area (Å²) in [4.78, 5) is 21.4. The molecule has 0 saturated carbocycles. The van der Waals surface area contributed by atoms with E-state index in [4.69, 9.17) is 0 Å². The molecule has 0 radical (unpaired) electrons. The average molecular weight is 423 g/mol. The van der Waals surface area contributed by atoms with Crippen LogP contribution in [0.4, 0.5) is 10.1 Å². The van der Waals surface area contributed by atoms with E-state index in [-0.39, 0.29) is 17.3 Å². The number of piperidine rings is 1. The number of rotatable bonds is 5. The number of hydrogen-bond acceptors (Lipinski definition) is 5. The van der Waals surface area contributed by atoms with Gasteiger partial charge >= 0.3 is 0 Å². The maximum absolute atomic E-state index is 14.3. The van der Waals surface area contributed by atoms with Gasteiger partial charge in [0.2, 0.25) is 0 Å². The van der Waals surface area contributed by atoms with Crippen molar-refractivity contribution in [3.05, 3.63) is 76.0 Å². The van der Waals surface area contributed by atoms with Gasteiger partial charge in [-0.2, -0.15) is 5.10 Å². The van der Waals surface area contributed by atoms with Crippen molar-refractivity contribution >= 4 is 5.69 Å². The molecular formula is C23H27FN6O. The summed E-state index contributed by atoms with van der Waals surface area (Å²) >= 11 is 0. The van der Waals surface area contributed by atoms with E-state index in [1.165, 1.54) is 6.20 Å². The van der Waals surface area contributed by atoms with Crippen LogP contribution < -0.4 is 10.5 Å². The number of fused-ring (bicyclic) bond motifs is 4. The lowest BCUT2D eigenvalue weighted by molar-refractivity contribution is 0.275. The van der Waals surface area contributed by atoms with Crippen molar-refractivity contribution in [2.24, 2.45) is 13.0 Å². The molecule has 0 spiro atoms. The Hall–Kier alpha value is -3.00. The zero-order valence-electron chi connectivity index (χ0n) is 17.9. The topological polar surface area (TPSA) is 59.2 Å². The van der Waals surface area contributed by atoms with E-state index in [0.29, 0.717) is 24.7 Å². The molecule has 2 bridgehead atoms. The third-order valence-electron chi connectivity index (χ3n) is 6.43. The Morgan fingerprint density at radius 2 is 2.03 bits per heavy atom. The van der Waals surface area contributed by atoms with Crippen molar-refractivity contribution in [2.45, 2.75) is 32.0 Å². The fraction of sp³-hybridized carbons (Fsp3) is 0.435. The monoisotopic (exact) mass is 422 g/mol. The van der Waals surface area contributed by atoms with E-state index >= 15 is 0 Å². The van der Waals surface area contributed by atoms with Crippen LogP contribution in [0.1, 0.15) is 29.2 Å². The second-order valence-electron chi connectivity index (χ2n) is 8.92. The van der Waals surface area contributed by atoms with Crippen molar-refractivity contribution in [2.75, 3.05) is 25.0 Å². The quantitative estimate of drug-likeness (QED) is 0.632. The first kappa shape index (κ1) is 19.9. The van der Waals surface area contributed by atoms with Crippen molar-refractivity contribution in [3.63, 3.8) is 0 Å². The van der Waals surface area contributed by atoms with E-state index in [1.54, 1.807) is 16.9 Å². The van der Waals surface area contributed by atoms with Gasteiger partial charge in [-0.3, -0.25) is 19.4 Å². The number of halogens is 1. The lowest BCUT2D eigenvalue weighted by Crippen LogP contribution is -2.48. The van der Waals surface area contributed by atoms with Gasteiger partial charge in [0, 0.05) is 74.9 Å². The molecule has 3 aromatic heterocycles. The summed E-state index contributed by atoms with van der Waals surface area (Å²) in [5.41, 5.74) is 3.72. The Labute approximate surface area is 180 Å². The minimum absolute atomic E-state index is 0.105. The Morgan fingerprint density at radius 1 is 1.16 bits per heavy atom. The van der Waals surface area contributed by atoms with E-state index in [0.717, 1.165) is 42.9 Å². The zero-order valence-corrected chi connectivity index (χ0v) is 17.9. The molecular weight excluding hydrogens is 395 g/mol. The molecule has 0 aliphatic carbocycles. The molecule has 0 aromatic carbocycles.